The quantitative estimate of drug-likeness (QED) is 0.494. The highest BCUT2D eigenvalue weighted by Gasteiger charge is 2.12. The molecule has 0 bridgehead atoms. The molecule has 0 saturated carbocycles. The minimum atomic E-state index is -0.227. The van der Waals surface area contributed by atoms with E-state index >= 15 is 0 Å². The van der Waals surface area contributed by atoms with Crippen LogP contribution in [-0.2, 0) is 21.8 Å². The Kier molecular flexibility index (Phi) is 5.07. The fraction of sp³-hybridized carbons (Fsp3) is 0.222. The lowest BCUT2D eigenvalue weighted by Gasteiger charge is -2.09. The number of imidazole rings is 1. The van der Waals surface area contributed by atoms with Crippen molar-refractivity contribution >= 4 is 40.2 Å². The van der Waals surface area contributed by atoms with Crippen LogP contribution in [0.25, 0.3) is 16.7 Å². The number of alkyl halides is 1. The van der Waals surface area contributed by atoms with Crippen LogP contribution in [0.5, 0.6) is 0 Å². The van der Waals surface area contributed by atoms with Gasteiger partial charge in [-0.3, -0.25) is 9.36 Å². The van der Waals surface area contributed by atoms with Gasteiger partial charge in [0.2, 0.25) is 0 Å². The molecule has 1 aromatic heterocycles. The number of rotatable bonds is 5. The number of ether oxygens (including phenoxy) is 1. The highest BCUT2D eigenvalue weighted by Crippen LogP contribution is 2.25. The summed E-state index contributed by atoms with van der Waals surface area (Å²) in [6, 6.07) is 13.3. The van der Waals surface area contributed by atoms with Gasteiger partial charge in [-0.15, -0.1) is 11.6 Å². The predicted molar refractivity (Wildman–Crippen MR) is 96.0 cm³/mol. The zero-order chi connectivity index (χ0) is 17.1. The molecule has 0 atom stereocenters. The summed E-state index contributed by atoms with van der Waals surface area (Å²) in [6.45, 7) is 2.19. The smallest absolute Gasteiger partial charge is 0.310 e. The fourth-order valence-electron chi connectivity index (χ4n) is 2.62. The van der Waals surface area contributed by atoms with Crippen molar-refractivity contribution in [1.29, 1.82) is 0 Å². The molecule has 0 radical (unpaired) electrons. The summed E-state index contributed by atoms with van der Waals surface area (Å²) in [5, 5.41) is 0.637. The Bertz CT molecular complexity index is 873. The molecule has 24 heavy (non-hydrogen) atoms. The average molecular weight is 363 g/mol. The van der Waals surface area contributed by atoms with E-state index in [9.17, 15) is 4.79 Å². The number of carbonyl (C=O) groups is 1. The highest BCUT2D eigenvalue weighted by molar-refractivity contribution is 6.31. The van der Waals surface area contributed by atoms with E-state index in [2.05, 4.69) is 4.98 Å². The van der Waals surface area contributed by atoms with Crippen LogP contribution in [0.1, 0.15) is 18.3 Å². The molecule has 6 heteroatoms. The fourth-order valence-corrected chi connectivity index (χ4v) is 2.97. The van der Waals surface area contributed by atoms with E-state index in [1.54, 1.807) is 6.92 Å². The number of hydrogen-bond acceptors (Lipinski definition) is 3. The van der Waals surface area contributed by atoms with Gasteiger partial charge in [0.15, 0.2) is 0 Å². The molecule has 1 heterocycles. The lowest BCUT2D eigenvalue weighted by Crippen LogP contribution is -2.07. The SMILES string of the molecule is CCOC(=O)Cc1ccc(-n2c(CCl)nc3cc(Cl)ccc32)cc1. The molecule has 0 aliphatic rings. The van der Waals surface area contributed by atoms with E-state index in [4.69, 9.17) is 27.9 Å². The maximum Gasteiger partial charge on any atom is 0.310 e. The van der Waals surface area contributed by atoms with E-state index in [0.717, 1.165) is 28.1 Å². The predicted octanol–water partition coefficient (Wildman–Crippen LogP) is 4.52. The van der Waals surface area contributed by atoms with Gasteiger partial charge in [-0.25, -0.2) is 4.98 Å². The van der Waals surface area contributed by atoms with Gasteiger partial charge in [0.05, 0.1) is 29.9 Å². The third-order valence-corrected chi connectivity index (χ3v) is 4.13. The number of nitrogens with zero attached hydrogens (tertiary/aromatic N) is 2. The van der Waals surface area contributed by atoms with Crippen LogP contribution in [-0.4, -0.2) is 22.1 Å². The number of carbonyl (C=O) groups excluding carboxylic acids is 1. The second kappa shape index (κ2) is 7.24. The van der Waals surface area contributed by atoms with E-state index < -0.39 is 0 Å². The van der Waals surface area contributed by atoms with Gasteiger partial charge in [-0.1, -0.05) is 23.7 Å². The van der Waals surface area contributed by atoms with Crippen LogP contribution in [0.15, 0.2) is 42.5 Å². The van der Waals surface area contributed by atoms with Crippen molar-refractivity contribution in [3.05, 3.63) is 58.9 Å². The Labute approximate surface area is 150 Å². The van der Waals surface area contributed by atoms with Crippen LogP contribution in [0, 0.1) is 0 Å². The Morgan fingerprint density at radius 3 is 2.62 bits per heavy atom. The number of esters is 1. The number of halogens is 2. The van der Waals surface area contributed by atoms with Crippen molar-refractivity contribution in [1.82, 2.24) is 9.55 Å². The van der Waals surface area contributed by atoms with Gasteiger partial charge in [0.1, 0.15) is 5.82 Å². The van der Waals surface area contributed by atoms with Gasteiger partial charge in [0, 0.05) is 10.7 Å². The monoisotopic (exact) mass is 362 g/mol. The number of fused-ring (bicyclic) bond motifs is 1. The number of aromatic nitrogens is 2. The minimum absolute atomic E-state index is 0.227. The number of benzene rings is 2. The van der Waals surface area contributed by atoms with Gasteiger partial charge in [-0.2, -0.15) is 0 Å². The summed E-state index contributed by atoms with van der Waals surface area (Å²) in [4.78, 5) is 16.1. The largest absolute Gasteiger partial charge is 0.466 e. The summed E-state index contributed by atoms with van der Waals surface area (Å²) in [5.74, 6) is 0.804. The molecule has 0 aliphatic heterocycles. The van der Waals surface area contributed by atoms with E-state index in [0.29, 0.717) is 11.6 Å². The summed E-state index contributed by atoms with van der Waals surface area (Å²) in [6.07, 6.45) is 0.261. The van der Waals surface area contributed by atoms with Gasteiger partial charge < -0.3 is 4.74 Å². The highest BCUT2D eigenvalue weighted by atomic mass is 35.5. The molecule has 0 N–H and O–H groups in total. The molecule has 0 fully saturated rings. The zero-order valence-corrected chi connectivity index (χ0v) is 14.6. The third kappa shape index (κ3) is 3.40. The first-order chi connectivity index (χ1) is 11.6. The van der Waals surface area contributed by atoms with E-state index in [1.165, 1.54) is 0 Å². The summed E-state index contributed by atoms with van der Waals surface area (Å²) >= 11 is 12.1. The molecule has 0 amide bonds. The van der Waals surface area contributed by atoms with Crippen molar-refractivity contribution < 1.29 is 9.53 Å². The molecule has 0 spiro atoms. The van der Waals surface area contributed by atoms with Crippen molar-refractivity contribution in [3.8, 4) is 5.69 Å². The maximum atomic E-state index is 11.6. The van der Waals surface area contributed by atoms with Crippen LogP contribution in [0.3, 0.4) is 0 Å². The van der Waals surface area contributed by atoms with E-state index in [-0.39, 0.29) is 18.3 Å². The topological polar surface area (TPSA) is 44.1 Å². The van der Waals surface area contributed by atoms with Gasteiger partial charge >= 0.3 is 5.97 Å². The summed E-state index contributed by atoms with van der Waals surface area (Å²) < 4.78 is 6.96. The molecule has 4 nitrogen and oxygen atoms in total. The van der Waals surface area contributed by atoms with Crippen molar-refractivity contribution in [2.45, 2.75) is 19.2 Å². The molecule has 3 aromatic rings. The van der Waals surface area contributed by atoms with E-state index in [1.807, 2.05) is 47.0 Å². The standard InChI is InChI=1S/C18H16Cl2N2O2/c1-2-24-18(23)9-12-3-6-14(7-4-12)22-16-8-5-13(20)10-15(16)21-17(22)11-19/h3-8,10H,2,9,11H2,1H3. The lowest BCUT2D eigenvalue weighted by atomic mass is 10.1. The van der Waals surface area contributed by atoms with Gasteiger partial charge in [-0.05, 0) is 42.8 Å². The Morgan fingerprint density at radius 1 is 1.21 bits per heavy atom. The van der Waals surface area contributed by atoms with Crippen molar-refractivity contribution in [2.75, 3.05) is 6.61 Å². The molecule has 0 aliphatic carbocycles. The first-order valence-electron chi connectivity index (χ1n) is 7.60. The summed E-state index contributed by atoms with van der Waals surface area (Å²) in [7, 11) is 0. The van der Waals surface area contributed by atoms with Crippen LogP contribution >= 0.6 is 23.2 Å². The Morgan fingerprint density at radius 2 is 1.96 bits per heavy atom. The molecule has 0 unspecified atom stereocenters. The molecule has 0 saturated heterocycles. The molecule has 124 valence electrons. The Balaban J connectivity index is 1.97. The first kappa shape index (κ1) is 16.8. The minimum Gasteiger partial charge on any atom is -0.466 e. The molecular weight excluding hydrogens is 347 g/mol. The van der Waals surface area contributed by atoms with Crippen molar-refractivity contribution in [2.24, 2.45) is 0 Å². The first-order valence-corrected chi connectivity index (χ1v) is 8.51. The third-order valence-electron chi connectivity index (χ3n) is 3.65. The van der Waals surface area contributed by atoms with Gasteiger partial charge in [0.25, 0.3) is 0 Å². The number of hydrogen-bond donors (Lipinski definition) is 0. The zero-order valence-electron chi connectivity index (χ0n) is 13.1. The van der Waals surface area contributed by atoms with Crippen LogP contribution < -0.4 is 0 Å². The van der Waals surface area contributed by atoms with Crippen LogP contribution in [0.2, 0.25) is 5.02 Å². The second-order valence-electron chi connectivity index (χ2n) is 5.28. The average Bonchev–Trinajstić information content (AvgIpc) is 2.93. The normalized spacial score (nSPS) is 11.0. The molecular formula is C18H16Cl2N2O2. The molecule has 3 rings (SSSR count). The lowest BCUT2D eigenvalue weighted by molar-refractivity contribution is -0.142. The maximum absolute atomic E-state index is 11.6. The second-order valence-corrected chi connectivity index (χ2v) is 5.98. The summed E-state index contributed by atoms with van der Waals surface area (Å²) in [5.41, 5.74) is 3.57. The van der Waals surface area contributed by atoms with Crippen molar-refractivity contribution in [3.63, 3.8) is 0 Å². The van der Waals surface area contributed by atoms with Crippen LogP contribution in [0.4, 0.5) is 0 Å². The molecule has 2 aromatic carbocycles. The Hall–Kier alpha value is -2.04.